The molecule has 2 rings (SSSR count). The number of rotatable bonds is 5. The summed E-state index contributed by atoms with van der Waals surface area (Å²) in [6.07, 6.45) is 0. The summed E-state index contributed by atoms with van der Waals surface area (Å²) in [6.45, 7) is 2.83. The van der Waals surface area contributed by atoms with Crippen LogP contribution in [0, 0.1) is 0 Å². The maximum Gasteiger partial charge on any atom is 0.0755 e. The normalized spacial score (nSPS) is 13.0. The zero-order chi connectivity index (χ0) is 11.9. The van der Waals surface area contributed by atoms with Gasteiger partial charge in [0.1, 0.15) is 0 Å². The Morgan fingerprint density at radius 1 is 0.941 bits per heavy atom. The van der Waals surface area contributed by atoms with Crippen molar-refractivity contribution in [2.24, 2.45) is 0 Å². The summed E-state index contributed by atoms with van der Waals surface area (Å²) in [5.74, 6) is 0.276. The molecule has 0 heterocycles. The maximum absolute atomic E-state index is 5.84. The molecule has 0 bridgehead atoms. The zero-order valence-electron chi connectivity index (χ0n) is 9.97. The van der Waals surface area contributed by atoms with Gasteiger partial charge in [-0.25, -0.2) is 0 Å². The molecule has 0 aliphatic carbocycles. The molecule has 1 nitrogen and oxygen atoms in total. The molecule has 2 unspecified atom stereocenters. The van der Waals surface area contributed by atoms with Crippen molar-refractivity contribution in [3.8, 4) is 0 Å². The molecular weight excluding hydrogens is 227 g/mol. The van der Waals surface area contributed by atoms with Gasteiger partial charge < -0.3 is 4.74 Å². The molecule has 0 aliphatic heterocycles. The zero-order valence-corrected chi connectivity index (χ0v) is 11.0. The lowest BCUT2D eigenvalue weighted by molar-refractivity contribution is 0.109. The first-order chi connectivity index (χ1) is 8.34. The van der Waals surface area contributed by atoms with Crippen molar-refractivity contribution in [2.45, 2.75) is 19.4 Å². The second-order valence-electron chi connectivity index (χ2n) is 3.95. The summed E-state index contributed by atoms with van der Waals surface area (Å²) in [7, 11) is 0.708. The number of benzene rings is 2. The summed E-state index contributed by atoms with van der Waals surface area (Å²) in [5.41, 5.74) is 1.23. The average Bonchev–Trinajstić information content (AvgIpc) is 2.39. The van der Waals surface area contributed by atoms with Crippen molar-refractivity contribution >= 4 is 13.9 Å². The third-order valence-electron chi connectivity index (χ3n) is 2.49. The van der Waals surface area contributed by atoms with Gasteiger partial charge in [-0.1, -0.05) is 69.2 Å². The summed E-state index contributed by atoms with van der Waals surface area (Å²) >= 11 is 0. The first kappa shape index (κ1) is 12.3. The van der Waals surface area contributed by atoms with Crippen LogP contribution in [0.15, 0.2) is 60.7 Å². The highest BCUT2D eigenvalue weighted by molar-refractivity contribution is 7.47. The van der Waals surface area contributed by atoms with Crippen LogP contribution in [0.4, 0.5) is 0 Å². The summed E-state index contributed by atoms with van der Waals surface area (Å²) in [4.78, 5) is 0. The molecule has 0 fully saturated rings. The van der Waals surface area contributed by atoms with Crippen LogP contribution in [0.1, 0.15) is 12.5 Å². The fraction of sp³-hybridized carbons (Fsp3) is 0.200. The van der Waals surface area contributed by atoms with Crippen LogP contribution in [-0.2, 0) is 11.3 Å². The Bertz CT molecular complexity index is 427. The van der Waals surface area contributed by atoms with E-state index < -0.39 is 0 Å². The highest BCUT2D eigenvalue weighted by Crippen LogP contribution is 2.20. The van der Waals surface area contributed by atoms with Crippen molar-refractivity contribution in [3.63, 3.8) is 0 Å². The Morgan fingerprint density at radius 3 is 2.18 bits per heavy atom. The largest absolute Gasteiger partial charge is 0.369 e. The number of hydrogen-bond acceptors (Lipinski definition) is 1. The van der Waals surface area contributed by atoms with Gasteiger partial charge >= 0.3 is 0 Å². The van der Waals surface area contributed by atoms with Crippen LogP contribution >= 0.6 is 8.58 Å². The van der Waals surface area contributed by atoms with Crippen LogP contribution in [-0.4, -0.2) is 5.85 Å². The van der Waals surface area contributed by atoms with Gasteiger partial charge in [-0.05, 0) is 17.8 Å². The molecule has 17 heavy (non-hydrogen) atoms. The van der Waals surface area contributed by atoms with E-state index in [9.17, 15) is 0 Å². The Hall–Kier alpha value is -1.17. The van der Waals surface area contributed by atoms with Crippen molar-refractivity contribution in [3.05, 3.63) is 66.2 Å². The van der Waals surface area contributed by atoms with Gasteiger partial charge in [0.15, 0.2) is 0 Å². The van der Waals surface area contributed by atoms with Crippen molar-refractivity contribution in [1.82, 2.24) is 0 Å². The number of hydrogen-bond donors (Lipinski definition) is 0. The van der Waals surface area contributed by atoms with Crippen LogP contribution in [0.2, 0.25) is 0 Å². The Morgan fingerprint density at radius 2 is 1.53 bits per heavy atom. The second kappa shape index (κ2) is 6.54. The lowest BCUT2D eigenvalue weighted by atomic mass is 10.2. The van der Waals surface area contributed by atoms with E-state index in [-0.39, 0.29) is 5.85 Å². The fourth-order valence-corrected chi connectivity index (χ4v) is 2.63. The molecule has 0 radical (unpaired) electrons. The minimum atomic E-state index is 0.276. The molecule has 0 aliphatic rings. The van der Waals surface area contributed by atoms with Crippen molar-refractivity contribution in [1.29, 1.82) is 0 Å². The number of ether oxygens (including phenoxy) is 1. The minimum absolute atomic E-state index is 0.276. The van der Waals surface area contributed by atoms with Gasteiger partial charge in [0.2, 0.25) is 0 Å². The molecule has 0 saturated heterocycles. The second-order valence-corrected chi connectivity index (χ2v) is 5.63. The summed E-state index contributed by atoms with van der Waals surface area (Å²) < 4.78 is 5.84. The van der Waals surface area contributed by atoms with E-state index in [2.05, 4.69) is 43.3 Å². The van der Waals surface area contributed by atoms with E-state index >= 15 is 0 Å². The van der Waals surface area contributed by atoms with E-state index in [1.54, 1.807) is 0 Å². The van der Waals surface area contributed by atoms with E-state index in [1.807, 2.05) is 24.3 Å². The smallest absolute Gasteiger partial charge is 0.0755 e. The molecule has 0 aromatic heterocycles. The van der Waals surface area contributed by atoms with Gasteiger partial charge in [0.05, 0.1) is 12.5 Å². The van der Waals surface area contributed by atoms with E-state index in [0.29, 0.717) is 15.2 Å². The van der Waals surface area contributed by atoms with Gasteiger partial charge in [0, 0.05) is 0 Å². The molecule has 2 aromatic rings. The van der Waals surface area contributed by atoms with Crippen LogP contribution in [0.3, 0.4) is 0 Å². The SMILES string of the molecule is CC(OCc1ccccc1)Pc1ccccc1. The average molecular weight is 244 g/mol. The molecular formula is C15H17OP. The minimum Gasteiger partial charge on any atom is -0.369 e. The van der Waals surface area contributed by atoms with Gasteiger partial charge in [-0.3, -0.25) is 0 Å². The molecule has 0 saturated carbocycles. The van der Waals surface area contributed by atoms with E-state index in [1.165, 1.54) is 10.9 Å². The quantitative estimate of drug-likeness (QED) is 0.731. The summed E-state index contributed by atoms with van der Waals surface area (Å²) in [5, 5.41) is 1.35. The molecule has 0 spiro atoms. The lowest BCUT2D eigenvalue weighted by Gasteiger charge is -2.13. The van der Waals surface area contributed by atoms with E-state index in [0.717, 1.165) is 0 Å². The molecule has 0 N–H and O–H groups in total. The molecule has 88 valence electrons. The maximum atomic E-state index is 5.84. The topological polar surface area (TPSA) is 9.23 Å². The Kier molecular flexibility index (Phi) is 4.73. The highest BCUT2D eigenvalue weighted by Gasteiger charge is 2.03. The molecule has 2 heteroatoms. The van der Waals surface area contributed by atoms with Crippen LogP contribution in [0.5, 0.6) is 0 Å². The van der Waals surface area contributed by atoms with Crippen LogP contribution in [0.25, 0.3) is 0 Å². The monoisotopic (exact) mass is 244 g/mol. The lowest BCUT2D eigenvalue weighted by Crippen LogP contribution is -2.06. The predicted molar refractivity (Wildman–Crippen MR) is 75.1 cm³/mol. The Balaban J connectivity index is 1.80. The molecule has 0 amide bonds. The van der Waals surface area contributed by atoms with Gasteiger partial charge in [0.25, 0.3) is 0 Å². The molecule has 2 atom stereocenters. The van der Waals surface area contributed by atoms with Gasteiger partial charge in [-0.2, -0.15) is 0 Å². The van der Waals surface area contributed by atoms with Gasteiger partial charge in [-0.15, -0.1) is 0 Å². The third kappa shape index (κ3) is 4.30. The Labute approximate surface area is 105 Å². The van der Waals surface area contributed by atoms with Crippen molar-refractivity contribution < 1.29 is 4.74 Å². The first-order valence-corrected chi connectivity index (χ1v) is 6.89. The predicted octanol–water partition coefficient (Wildman–Crippen LogP) is 3.55. The van der Waals surface area contributed by atoms with Crippen LogP contribution < -0.4 is 5.30 Å². The van der Waals surface area contributed by atoms with Crippen molar-refractivity contribution in [2.75, 3.05) is 0 Å². The fourth-order valence-electron chi connectivity index (χ4n) is 1.61. The third-order valence-corrected chi connectivity index (χ3v) is 3.73. The van der Waals surface area contributed by atoms with E-state index in [4.69, 9.17) is 4.74 Å². The standard InChI is InChI=1S/C15H17OP/c1-13(17-15-10-6-3-7-11-15)16-12-14-8-4-2-5-9-14/h2-11,13,17H,12H2,1H3. The summed E-state index contributed by atoms with van der Waals surface area (Å²) in [6, 6.07) is 20.8. The highest BCUT2D eigenvalue weighted by atomic mass is 31.1. The molecule has 2 aromatic carbocycles. The first-order valence-electron chi connectivity index (χ1n) is 5.82.